The summed E-state index contributed by atoms with van der Waals surface area (Å²) in [7, 11) is 0. The number of rotatable bonds is 4. The van der Waals surface area contributed by atoms with E-state index in [1.807, 2.05) is 50.2 Å². The number of hydrogen-bond donors (Lipinski definition) is 2. The van der Waals surface area contributed by atoms with E-state index < -0.39 is 0 Å². The molecular formula is C18H24N2O. The van der Waals surface area contributed by atoms with Crippen molar-refractivity contribution in [1.82, 2.24) is 0 Å². The fourth-order valence-corrected chi connectivity index (χ4v) is 1.92. The van der Waals surface area contributed by atoms with Gasteiger partial charge in [-0.15, -0.1) is 0 Å². The highest BCUT2D eigenvalue weighted by molar-refractivity contribution is 6.05. The summed E-state index contributed by atoms with van der Waals surface area (Å²) in [4.78, 5) is 12.1. The standard InChI is InChI=1S/C16H18N2O.C2H6/c1-2-5-12-8-10-13(11-9-12)16(19)18-15-7-4-3-6-14(15)17;1-2/h3-4,6-11H,2,5,17H2,1H3,(H,18,19);1-2H3. The normalized spacial score (nSPS) is 9.48. The van der Waals surface area contributed by atoms with Crippen LogP contribution in [0.3, 0.4) is 0 Å². The Bertz CT molecular complexity index is 562. The van der Waals surface area contributed by atoms with E-state index in [9.17, 15) is 4.79 Å². The second-order valence-electron chi connectivity index (χ2n) is 4.49. The van der Waals surface area contributed by atoms with Crippen molar-refractivity contribution in [1.29, 1.82) is 0 Å². The minimum Gasteiger partial charge on any atom is -0.397 e. The Labute approximate surface area is 127 Å². The summed E-state index contributed by atoms with van der Waals surface area (Å²) < 4.78 is 0. The molecule has 0 aliphatic heterocycles. The van der Waals surface area contributed by atoms with Crippen LogP contribution in [-0.4, -0.2) is 5.91 Å². The monoisotopic (exact) mass is 284 g/mol. The number of anilines is 2. The predicted molar refractivity (Wildman–Crippen MR) is 90.6 cm³/mol. The van der Waals surface area contributed by atoms with Gasteiger partial charge in [0.15, 0.2) is 0 Å². The first-order valence-corrected chi connectivity index (χ1v) is 7.45. The highest BCUT2D eigenvalue weighted by atomic mass is 16.1. The zero-order chi connectivity index (χ0) is 15.7. The van der Waals surface area contributed by atoms with Crippen LogP contribution < -0.4 is 11.1 Å². The fraction of sp³-hybridized carbons (Fsp3) is 0.278. The average Bonchev–Trinajstić information content (AvgIpc) is 2.52. The lowest BCUT2D eigenvalue weighted by Crippen LogP contribution is -2.13. The van der Waals surface area contributed by atoms with E-state index in [2.05, 4.69) is 12.2 Å². The molecule has 0 unspecified atom stereocenters. The molecular weight excluding hydrogens is 260 g/mol. The van der Waals surface area contributed by atoms with Crippen molar-refractivity contribution in [3.8, 4) is 0 Å². The Morgan fingerprint density at radius 1 is 1.05 bits per heavy atom. The third-order valence-electron chi connectivity index (χ3n) is 2.96. The van der Waals surface area contributed by atoms with E-state index in [0.717, 1.165) is 12.8 Å². The van der Waals surface area contributed by atoms with E-state index in [4.69, 9.17) is 5.73 Å². The molecule has 21 heavy (non-hydrogen) atoms. The Hall–Kier alpha value is -2.29. The topological polar surface area (TPSA) is 55.1 Å². The number of nitrogens with one attached hydrogen (secondary N) is 1. The summed E-state index contributed by atoms with van der Waals surface area (Å²) in [6.07, 6.45) is 2.14. The third-order valence-corrected chi connectivity index (χ3v) is 2.96. The first-order chi connectivity index (χ1) is 10.2. The van der Waals surface area contributed by atoms with Crippen molar-refractivity contribution in [2.45, 2.75) is 33.6 Å². The summed E-state index contributed by atoms with van der Waals surface area (Å²) >= 11 is 0. The minimum atomic E-state index is -0.138. The molecule has 0 atom stereocenters. The summed E-state index contributed by atoms with van der Waals surface area (Å²) in [5.41, 5.74) is 8.90. The number of aryl methyl sites for hydroxylation is 1. The van der Waals surface area contributed by atoms with E-state index >= 15 is 0 Å². The van der Waals surface area contributed by atoms with Gasteiger partial charge < -0.3 is 11.1 Å². The van der Waals surface area contributed by atoms with Crippen LogP contribution in [0.1, 0.15) is 43.1 Å². The Morgan fingerprint density at radius 3 is 2.24 bits per heavy atom. The van der Waals surface area contributed by atoms with E-state index in [1.54, 1.807) is 12.1 Å². The lowest BCUT2D eigenvalue weighted by Gasteiger charge is -2.08. The minimum absolute atomic E-state index is 0.138. The number of benzene rings is 2. The zero-order valence-electron chi connectivity index (χ0n) is 13.0. The molecule has 0 aliphatic carbocycles. The van der Waals surface area contributed by atoms with Gasteiger partial charge in [-0.1, -0.05) is 51.5 Å². The number of para-hydroxylation sites is 2. The van der Waals surface area contributed by atoms with Gasteiger partial charge in [-0.3, -0.25) is 4.79 Å². The van der Waals surface area contributed by atoms with E-state index in [-0.39, 0.29) is 5.91 Å². The molecule has 0 heterocycles. The van der Waals surface area contributed by atoms with Gasteiger partial charge in [0.25, 0.3) is 5.91 Å². The molecule has 112 valence electrons. The molecule has 3 heteroatoms. The molecule has 1 amide bonds. The molecule has 0 fully saturated rings. The molecule has 2 rings (SSSR count). The first kappa shape index (κ1) is 16.8. The summed E-state index contributed by atoms with van der Waals surface area (Å²) in [5.74, 6) is -0.138. The molecule has 0 aromatic heterocycles. The number of nitrogens with two attached hydrogens (primary N) is 1. The maximum atomic E-state index is 12.1. The molecule has 0 aliphatic rings. The van der Waals surface area contributed by atoms with Gasteiger partial charge in [0.05, 0.1) is 11.4 Å². The van der Waals surface area contributed by atoms with Crippen molar-refractivity contribution < 1.29 is 4.79 Å². The van der Waals surface area contributed by atoms with Crippen LogP contribution in [0.2, 0.25) is 0 Å². The van der Waals surface area contributed by atoms with Crippen LogP contribution in [-0.2, 0) is 6.42 Å². The number of nitrogen functional groups attached to an aromatic ring is 1. The SMILES string of the molecule is CC.CCCc1ccc(C(=O)Nc2ccccc2N)cc1. The third kappa shape index (κ3) is 4.95. The van der Waals surface area contributed by atoms with Crippen molar-refractivity contribution >= 4 is 17.3 Å². The van der Waals surface area contributed by atoms with Crippen molar-refractivity contribution in [2.75, 3.05) is 11.1 Å². The molecule has 3 N–H and O–H groups in total. The van der Waals surface area contributed by atoms with E-state index in [0.29, 0.717) is 16.9 Å². The van der Waals surface area contributed by atoms with Crippen molar-refractivity contribution in [2.24, 2.45) is 0 Å². The van der Waals surface area contributed by atoms with Crippen LogP contribution >= 0.6 is 0 Å². The van der Waals surface area contributed by atoms with Gasteiger partial charge >= 0.3 is 0 Å². The fourth-order valence-electron chi connectivity index (χ4n) is 1.92. The van der Waals surface area contributed by atoms with Gasteiger partial charge in [-0.2, -0.15) is 0 Å². The van der Waals surface area contributed by atoms with Crippen molar-refractivity contribution in [3.05, 3.63) is 59.7 Å². The zero-order valence-corrected chi connectivity index (χ0v) is 13.0. The largest absolute Gasteiger partial charge is 0.397 e. The van der Waals surface area contributed by atoms with E-state index in [1.165, 1.54) is 5.56 Å². The highest BCUT2D eigenvalue weighted by Gasteiger charge is 2.07. The molecule has 0 saturated heterocycles. The quantitative estimate of drug-likeness (QED) is 0.812. The maximum Gasteiger partial charge on any atom is 0.255 e. The maximum absolute atomic E-state index is 12.1. The molecule has 0 bridgehead atoms. The molecule has 2 aromatic rings. The first-order valence-electron chi connectivity index (χ1n) is 7.45. The van der Waals surface area contributed by atoms with Crippen LogP contribution in [0.5, 0.6) is 0 Å². The Morgan fingerprint density at radius 2 is 1.67 bits per heavy atom. The molecule has 2 aromatic carbocycles. The van der Waals surface area contributed by atoms with Gasteiger partial charge in [-0.25, -0.2) is 0 Å². The second kappa shape index (κ2) is 8.80. The lowest BCUT2D eigenvalue weighted by molar-refractivity contribution is 0.102. The van der Waals surface area contributed by atoms with Crippen LogP contribution in [0.25, 0.3) is 0 Å². The van der Waals surface area contributed by atoms with Gasteiger partial charge in [0, 0.05) is 5.56 Å². The summed E-state index contributed by atoms with van der Waals surface area (Å²) in [6.45, 7) is 6.14. The van der Waals surface area contributed by atoms with Crippen LogP contribution in [0.4, 0.5) is 11.4 Å². The Kier molecular flexibility index (Phi) is 7.02. The molecule has 0 radical (unpaired) electrons. The van der Waals surface area contributed by atoms with Crippen LogP contribution in [0, 0.1) is 0 Å². The molecule has 0 saturated carbocycles. The number of carbonyl (C=O) groups is 1. The smallest absolute Gasteiger partial charge is 0.255 e. The average molecular weight is 284 g/mol. The van der Waals surface area contributed by atoms with Gasteiger partial charge in [-0.05, 0) is 36.2 Å². The predicted octanol–water partition coefficient (Wildman–Crippen LogP) is 4.50. The molecule has 0 spiro atoms. The summed E-state index contributed by atoms with van der Waals surface area (Å²) in [5, 5.41) is 2.81. The number of amides is 1. The summed E-state index contributed by atoms with van der Waals surface area (Å²) in [6, 6.07) is 14.9. The Balaban J connectivity index is 0.00000106. The number of carbonyl (C=O) groups excluding carboxylic acids is 1. The highest BCUT2D eigenvalue weighted by Crippen LogP contribution is 2.18. The lowest BCUT2D eigenvalue weighted by atomic mass is 10.1. The molecule has 3 nitrogen and oxygen atoms in total. The van der Waals surface area contributed by atoms with Crippen LogP contribution in [0.15, 0.2) is 48.5 Å². The van der Waals surface area contributed by atoms with Crippen molar-refractivity contribution in [3.63, 3.8) is 0 Å². The van der Waals surface area contributed by atoms with Gasteiger partial charge in [0.1, 0.15) is 0 Å². The van der Waals surface area contributed by atoms with Gasteiger partial charge in [0.2, 0.25) is 0 Å². The number of hydrogen-bond acceptors (Lipinski definition) is 2. The second-order valence-corrected chi connectivity index (χ2v) is 4.49.